The van der Waals surface area contributed by atoms with Gasteiger partial charge in [-0.05, 0) is 29.3 Å². The highest BCUT2D eigenvalue weighted by molar-refractivity contribution is 6.33. The summed E-state index contributed by atoms with van der Waals surface area (Å²) in [6, 6.07) is 12.8. The average molecular weight is 315 g/mol. The minimum atomic E-state index is -0.134. The van der Waals surface area contributed by atoms with E-state index in [1.165, 1.54) is 0 Å². The van der Waals surface area contributed by atoms with Crippen LogP contribution in [0.3, 0.4) is 0 Å². The smallest absolute Gasteiger partial charge is 0.231 e. The van der Waals surface area contributed by atoms with Crippen LogP contribution in [0, 0.1) is 0 Å². The largest absolute Gasteiger partial charge is 0.324 e. The molecule has 3 rings (SSSR count). The Hall–Kier alpha value is -2.33. The molecule has 0 radical (unpaired) electrons. The topological polar surface area (TPSA) is 49.4 Å². The minimum Gasteiger partial charge on any atom is -0.324 e. The summed E-state index contributed by atoms with van der Waals surface area (Å²) in [5.41, 5.74) is 3.37. The maximum absolute atomic E-state index is 12.1. The predicted octanol–water partition coefficient (Wildman–Crippen LogP) is 3.04. The van der Waals surface area contributed by atoms with Crippen LogP contribution >= 0.6 is 11.6 Å². The Morgan fingerprint density at radius 1 is 1.27 bits per heavy atom. The van der Waals surface area contributed by atoms with Gasteiger partial charge in [0.2, 0.25) is 11.8 Å². The van der Waals surface area contributed by atoms with Crippen molar-refractivity contribution in [3.05, 3.63) is 58.6 Å². The van der Waals surface area contributed by atoms with Gasteiger partial charge in [0, 0.05) is 12.7 Å². The van der Waals surface area contributed by atoms with Crippen molar-refractivity contribution in [2.24, 2.45) is 0 Å². The summed E-state index contributed by atoms with van der Waals surface area (Å²) < 4.78 is 0. The van der Waals surface area contributed by atoms with E-state index < -0.39 is 0 Å². The number of anilines is 2. The second kappa shape index (κ2) is 5.81. The molecule has 4 nitrogen and oxygen atoms in total. The third kappa shape index (κ3) is 2.83. The quantitative estimate of drug-likeness (QED) is 0.946. The Bertz CT molecular complexity index is 758. The number of para-hydroxylation sites is 1. The van der Waals surface area contributed by atoms with Gasteiger partial charge in [-0.3, -0.25) is 9.59 Å². The number of nitrogens with zero attached hydrogens (tertiary/aromatic N) is 1. The van der Waals surface area contributed by atoms with Crippen LogP contribution in [-0.4, -0.2) is 18.9 Å². The molecule has 2 aromatic carbocycles. The monoisotopic (exact) mass is 314 g/mol. The number of likely N-dealkylation sites (N-methyl/N-ethyl adjacent to an activating group) is 1. The molecule has 1 N–H and O–H groups in total. The summed E-state index contributed by atoms with van der Waals surface area (Å²) in [5.74, 6) is -0.0570. The minimum absolute atomic E-state index is 0.0765. The SMILES string of the molecule is CN1C(=O)Cc2cc(CC(=O)Nc3ccccc3Cl)ccc21. The molecule has 2 aromatic rings. The number of halogens is 1. The van der Waals surface area contributed by atoms with Crippen molar-refractivity contribution < 1.29 is 9.59 Å². The number of hydrogen-bond donors (Lipinski definition) is 1. The third-order valence-corrected chi connectivity index (χ3v) is 4.06. The fourth-order valence-corrected chi connectivity index (χ4v) is 2.76. The zero-order valence-electron chi connectivity index (χ0n) is 12.1. The Balaban J connectivity index is 1.72. The van der Waals surface area contributed by atoms with Crippen molar-refractivity contribution in [1.29, 1.82) is 0 Å². The highest BCUT2D eigenvalue weighted by atomic mass is 35.5. The van der Waals surface area contributed by atoms with E-state index in [2.05, 4.69) is 5.32 Å². The molecule has 1 aliphatic heterocycles. The standard InChI is InChI=1S/C17H15ClN2O2/c1-20-15-7-6-11(8-12(15)10-17(20)22)9-16(21)19-14-5-3-2-4-13(14)18/h2-8H,9-10H2,1H3,(H,19,21). The summed E-state index contributed by atoms with van der Waals surface area (Å²) >= 11 is 6.02. The fraction of sp³-hybridized carbons (Fsp3) is 0.176. The average Bonchev–Trinajstić information content (AvgIpc) is 2.76. The van der Waals surface area contributed by atoms with Crippen molar-refractivity contribution in [3.8, 4) is 0 Å². The first kappa shape index (κ1) is 14.6. The molecule has 1 aliphatic rings. The van der Waals surface area contributed by atoms with E-state index >= 15 is 0 Å². The summed E-state index contributed by atoms with van der Waals surface area (Å²) in [5, 5.41) is 3.31. The number of carbonyl (C=O) groups is 2. The van der Waals surface area contributed by atoms with Gasteiger partial charge in [0.15, 0.2) is 0 Å². The molecule has 2 amide bonds. The molecule has 0 unspecified atom stereocenters. The van der Waals surface area contributed by atoms with Gasteiger partial charge in [0.05, 0.1) is 23.6 Å². The van der Waals surface area contributed by atoms with E-state index in [0.29, 0.717) is 17.1 Å². The number of rotatable bonds is 3. The number of hydrogen-bond acceptors (Lipinski definition) is 2. The Morgan fingerprint density at radius 3 is 2.82 bits per heavy atom. The molecule has 0 aliphatic carbocycles. The first-order chi connectivity index (χ1) is 10.5. The van der Waals surface area contributed by atoms with E-state index in [-0.39, 0.29) is 18.2 Å². The molecule has 0 saturated heterocycles. The normalized spacial score (nSPS) is 13.2. The molecule has 0 bridgehead atoms. The van der Waals surface area contributed by atoms with E-state index in [1.54, 1.807) is 24.1 Å². The maximum Gasteiger partial charge on any atom is 0.231 e. The number of carbonyl (C=O) groups excluding carboxylic acids is 2. The molecule has 5 heteroatoms. The van der Waals surface area contributed by atoms with Crippen LogP contribution in [0.15, 0.2) is 42.5 Å². The van der Waals surface area contributed by atoms with Crippen LogP contribution in [0.5, 0.6) is 0 Å². The fourth-order valence-electron chi connectivity index (χ4n) is 2.58. The lowest BCUT2D eigenvalue weighted by atomic mass is 10.1. The van der Waals surface area contributed by atoms with Gasteiger partial charge < -0.3 is 10.2 Å². The maximum atomic E-state index is 12.1. The molecule has 0 aromatic heterocycles. The van der Waals surface area contributed by atoms with E-state index in [0.717, 1.165) is 16.8 Å². The number of amides is 2. The van der Waals surface area contributed by atoms with Crippen LogP contribution < -0.4 is 10.2 Å². The first-order valence-electron chi connectivity index (χ1n) is 6.97. The van der Waals surface area contributed by atoms with Gasteiger partial charge in [0.25, 0.3) is 0 Å². The molecular formula is C17H15ClN2O2. The van der Waals surface area contributed by atoms with Gasteiger partial charge in [-0.15, -0.1) is 0 Å². The third-order valence-electron chi connectivity index (χ3n) is 3.73. The van der Waals surface area contributed by atoms with E-state index in [9.17, 15) is 9.59 Å². The van der Waals surface area contributed by atoms with Gasteiger partial charge in [-0.1, -0.05) is 35.9 Å². The lowest BCUT2D eigenvalue weighted by Gasteiger charge is -2.11. The Kier molecular flexibility index (Phi) is 3.86. The molecule has 0 atom stereocenters. The van der Waals surface area contributed by atoms with Crippen LogP contribution in [0.4, 0.5) is 11.4 Å². The number of benzene rings is 2. The first-order valence-corrected chi connectivity index (χ1v) is 7.35. The summed E-state index contributed by atoms with van der Waals surface area (Å²) in [6.45, 7) is 0. The second-order valence-corrected chi connectivity index (χ2v) is 5.70. The highest BCUT2D eigenvalue weighted by Crippen LogP contribution is 2.28. The highest BCUT2D eigenvalue weighted by Gasteiger charge is 2.24. The predicted molar refractivity (Wildman–Crippen MR) is 87.3 cm³/mol. The molecular weight excluding hydrogens is 300 g/mol. The van der Waals surface area contributed by atoms with Crippen LogP contribution in [0.25, 0.3) is 0 Å². The zero-order valence-corrected chi connectivity index (χ0v) is 12.9. The second-order valence-electron chi connectivity index (χ2n) is 5.30. The summed E-state index contributed by atoms with van der Waals surface area (Å²) in [6.07, 6.45) is 0.641. The van der Waals surface area contributed by atoms with Crippen molar-refractivity contribution in [3.63, 3.8) is 0 Å². The number of fused-ring (bicyclic) bond motifs is 1. The summed E-state index contributed by atoms with van der Waals surface area (Å²) in [7, 11) is 1.76. The molecule has 0 saturated carbocycles. The van der Waals surface area contributed by atoms with Crippen molar-refractivity contribution in [2.45, 2.75) is 12.8 Å². The lowest BCUT2D eigenvalue weighted by Crippen LogP contribution is -2.20. The van der Waals surface area contributed by atoms with Crippen LogP contribution in [0.2, 0.25) is 5.02 Å². The van der Waals surface area contributed by atoms with Gasteiger partial charge in [0.1, 0.15) is 0 Å². The zero-order chi connectivity index (χ0) is 15.7. The van der Waals surface area contributed by atoms with Crippen LogP contribution in [-0.2, 0) is 22.4 Å². The summed E-state index contributed by atoms with van der Waals surface area (Å²) in [4.78, 5) is 25.4. The molecule has 112 valence electrons. The van der Waals surface area contributed by atoms with Crippen molar-refractivity contribution in [2.75, 3.05) is 17.3 Å². The van der Waals surface area contributed by atoms with Crippen molar-refractivity contribution >= 4 is 34.8 Å². The van der Waals surface area contributed by atoms with Gasteiger partial charge >= 0.3 is 0 Å². The molecule has 22 heavy (non-hydrogen) atoms. The Morgan fingerprint density at radius 2 is 2.05 bits per heavy atom. The Labute approximate surface area is 133 Å². The molecule has 1 heterocycles. The van der Waals surface area contributed by atoms with E-state index in [1.807, 2.05) is 30.3 Å². The molecule has 0 spiro atoms. The van der Waals surface area contributed by atoms with Crippen molar-refractivity contribution in [1.82, 2.24) is 0 Å². The van der Waals surface area contributed by atoms with Gasteiger partial charge in [-0.2, -0.15) is 0 Å². The molecule has 0 fully saturated rings. The lowest BCUT2D eigenvalue weighted by molar-refractivity contribution is -0.117. The number of nitrogens with one attached hydrogen (secondary N) is 1. The van der Waals surface area contributed by atoms with Crippen LogP contribution in [0.1, 0.15) is 11.1 Å². The van der Waals surface area contributed by atoms with Gasteiger partial charge in [-0.25, -0.2) is 0 Å². The van der Waals surface area contributed by atoms with E-state index in [4.69, 9.17) is 11.6 Å².